The molecular formula is C10H10Br2N2O3. The number of ether oxygens (including phenoxy) is 1. The molecule has 0 aromatic heterocycles. The predicted molar refractivity (Wildman–Crippen MR) is 71.3 cm³/mol. The second kappa shape index (κ2) is 6.61. The number of halogens is 2. The lowest BCUT2D eigenvalue weighted by atomic mass is 10.2. The third kappa shape index (κ3) is 4.35. The molecule has 0 aliphatic heterocycles. The first-order chi connectivity index (χ1) is 8.04. The molecule has 0 saturated heterocycles. The fraction of sp³-hybridized carbons (Fsp3) is 0.200. The second-order valence-corrected chi connectivity index (χ2v) is 4.62. The van der Waals surface area contributed by atoms with Gasteiger partial charge in [-0.1, -0.05) is 15.9 Å². The van der Waals surface area contributed by atoms with Crippen LogP contribution in [0, 0.1) is 0 Å². The van der Waals surface area contributed by atoms with E-state index >= 15 is 0 Å². The Morgan fingerprint density at radius 2 is 2.24 bits per heavy atom. The number of amides is 1. The maximum Gasteiger partial charge on any atom is 0.427 e. The molecular weight excluding hydrogens is 356 g/mol. The van der Waals surface area contributed by atoms with Crippen LogP contribution in [0.15, 0.2) is 26.2 Å². The monoisotopic (exact) mass is 364 g/mol. The fourth-order valence-corrected chi connectivity index (χ4v) is 2.07. The number of carbonyl (C=O) groups is 1. The number of benzene rings is 1. The van der Waals surface area contributed by atoms with Crippen LogP contribution in [0.4, 0.5) is 4.79 Å². The Kier molecular flexibility index (Phi) is 5.43. The molecule has 5 nitrogen and oxygen atoms in total. The quantitative estimate of drug-likeness (QED) is 0.638. The first kappa shape index (κ1) is 14.0. The average Bonchev–Trinajstić information content (AvgIpc) is 2.26. The highest BCUT2D eigenvalue weighted by Crippen LogP contribution is 2.29. The molecule has 2 N–H and O–H groups in total. The van der Waals surface area contributed by atoms with E-state index in [2.05, 4.69) is 47.1 Å². The molecule has 7 heteroatoms. The summed E-state index contributed by atoms with van der Waals surface area (Å²) in [6.45, 7) is 1.98. The van der Waals surface area contributed by atoms with Crippen molar-refractivity contribution < 1.29 is 14.6 Å². The third-order valence-corrected chi connectivity index (χ3v) is 3.02. The summed E-state index contributed by atoms with van der Waals surface area (Å²) in [5, 5.41) is 13.2. The van der Waals surface area contributed by atoms with E-state index in [4.69, 9.17) is 0 Å². The van der Waals surface area contributed by atoms with E-state index in [0.717, 1.165) is 4.47 Å². The van der Waals surface area contributed by atoms with Crippen LogP contribution in [0.5, 0.6) is 5.75 Å². The van der Waals surface area contributed by atoms with E-state index in [9.17, 15) is 9.90 Å². The van der Waals surface area contributed by atoms with Crippen LogP contribution in [0.1, 0.15) is 12.5 Å². The number of nitrogens with one attached hydrogen (secondary N) is 1. The highest BCUT2D eigenvalue weighted by molar-refractivity contribution is 9.11. The Labute approximate surface area is 115 Å². The van der Waals surface area contributed by atoms with Gasteiger partial charge in [0.1, 0.15) is 5.75 Å². The van der Waals surface area contributed by atoms with Crippen LogP contribution >= 0.6 is 31.9 Å². The van der Waals surface area contributed by atoms with E-state index in [1.54, 1.807) is 13.0 Å². The normalized spacial score (nSPS) is 10.5. The molecule has 0 heterocycles. The molecule has 0 spiro atoms. The van der Waals surface area contributed by atoms with E-state index in [-0.39, 0.29) is 12.4 Å². The summed E-state index contributed by atoms with van der Waals surface area (Å²) in [5.41, 5.74) is 2.81. The lowest BCUT2D eigenvalue weighted by Gasteiger charge is -2.02. The number of nitrogens with zero attached hydrogens (tertiary/aromatic N) is 1. The Bertz CT molecular complexity index is 449. The van der Waals surface area contributed by atoms with Gasteiger partial charge in [0.15, 0.2) is 0 Å². The number of phenols is 1. The molecule has 92 valence electrons. The largest absolute Gasteiger partial charge is 0.507 e. The van der Waals surface area contributed by atoms with E-state index in [0.29, 0.717) is 10.0 Å². The van der Waals surface area contributed by atoms with E-state index in [1.807, 2.05) is 0 Å². The van der Waals surface area contributed by atoms with Gasteiger partial charge in [-0.15, -0.1) is 0 Å². The standard InChI is InChI=1S/C10H10Br2N2O3/c1-2-17-10(16)14-13-5-6-3-9(15)8(12)4-7(6)11/h3-5,15H,2H2,1H3,(H,14,16). The molecule has 1 aromatic carbocycles. The lowest BCUT2D eigenvalue weighted by molar-refractivity contribution is 0.152. The molecule has 0 atom stereocenters. The number of aromatic hydroxyl groups is 1. The first-order valence-electron chi connectivity index (χ1n) is 4.68. The number of phenolic OH excluding ortho intramolecular Hbond substituents is 1. The minimum absolute atomic E-state index is 0.0887. The molecule has 1 rings (SSSR count). The second-order valence-electron chi connectivity index (χ2n) is 2.92. The van der Waals surface area contributed by atoms with Gasteiger partial charge in [-0.05, 0) is 35.0 Å². The topological polar surface area (TPSA) is 70.9 Å². The van der Waals surface area contributed by atoms with Gasteiger partial charge in [-0.2, -0.15) is 5.10 Å². The minimum Gasteiger partial charge on any atom is -0.507 e. The maximum absolute atomic E-state index is 10.9. The van der Waals surface area contributed by atoms with Crippen molar-refractivity contribution in [3.63, 3.8) is 0 Å². The van der Waals surface area contributed by atoms with Crippen LogP contribution in [0.2, 0.25) is 0 Å². The van der Waals surface area contributed by atoms with Crippen LogP contribution in [0.3, 0.4) is 0 Å². The van der Waals surface area contributed by atoms with Gasteiger partial charge < -0.3 is 9.84 Å². The molecule has 17 heavy (non-hydrogen) atoms. The van der Waals surface area contributed by atoms with Crippen molar-refractivity contribution in [2.45, 2.75) is 6.92 Å². The third-order valence-electron chi connectivity index (χ3n) is 1.70. The Morgan fingerprint density at radius 3 is 2.88 bits per heavy atom. The molecule has 0 aliphatic rings. The van der Waals surface area contributed by atoms with E-state index < -0.39 is 6.09 Å². The molecule has 0 bridgehead atoms. The van der Waals surface area contributed by atoms with Crippen LogP contribution in [0.25, 0.3) is 0 Å². The zero-order valence-electron chi connectivity index (χ0n) is 8.91. The average molecular weight is 366 g/mol. The van der Waals surface area contributed by atoms with Crippen molar-refractivity contribution in [2.24, 2.45) is 5.10 Å². The predicted octanol–water partition coefficient (Wildman–Crippen LogP) is 3.00. The van der Waals surface area contributed by atoms with Crippen molar-refractivity contribution >= 4 is 44.2 Å². The smallest absolute Gasteiger partial charge is 0.427 e. The van der Waals surface area contributed by atoms with Crippen molar-refractivity contribution in [1.82, 2.24) is 5.43 Å². The lowest BCUT2D eigenvalue weighted by Crippen LogP contribution is -2.18. The zero-order chi connectivity index (χ0) is 12.8. The maximum atomic E-state index is 10.9. The number of hydrogen-bond donors (Lipinski definition) is 2. The number of hydrazone groups is 1. The van der Waals surface area contributed by atoms with Gasteiger partial charge in [0.2, 0.25) is 0 Å². The zero-order valence-corrected chi connectivity index (χ0v) is 12.1. The summed E-state index contributed by atoms with van der Waals surface area (Å²) >= 11 is 6.48. The molecule has 0 fully saturated rings. The summed E-state index contributed by atoms with van der Waals surface area (Å²) in [7, 11) is 0. The Balaban J connectivity index is 2.71. The highest BCUT2D eigenvalue weighted by atomic mass is 79.9. The van der Waals surface area contributed by atoms with Crippen molar-refractivity contribution in [3.05, 3.63) is 26.6 Å². The highest BCUT2D eigenvalue weighted by Gasteiger charge is 2.04. The number of hydrogen-bond acceptors (Lipinski definition) is 4. The summed E-state index contributed by atoms with van der Waals surface area (Å²) in [4.78, 5) is 10.9. The number of rotatable bonds is 3. The van der Waals surface area contributed by atoms with Crippen molar-refractivity contribution in [1.29, 1.82) is 0 Å². The summed E-state index contributed by atoms with van der Waals surface area (Å²) in [5.74, 6) is 0.0887. The van der Waals surface area contributed by atoms with Crippen LogP contribution < -0.4 is 5.43 Å². The molecule has 0 unspecified atom stereocenters. The van der Waals surface area contributed by atoms with Crippen LogP contribution in [-0.2, 0) is 4.74 Å². The van der Waals surface area contributed by atoms with Gasteiger partial charge in [0.25, 0.3) is 0 Å². The molecule has 0 radical (unpaired) electrons. The summed E-state index contributed by atoms with van der Waals surface area (Å²) in [6.07, 6.45) is 0.772. The fourth-order valence-electron chi connectivity index (χ4n) is 0.971. The Morgan fingerprint density at radius 1 is 1.53 bits per heavy atom. The molecule has 0 aliphatic carbocycles. The van der Waals surface area contributed by atoms with Crippen LogP contribution in [-0.4, -0.2) is 24.0 Å². The summed E-state index contributed by atoms with van der Waals surface area (Å²) in [6, 6.07) is 3.19. The van der Waals surface area contributed by atoms with Gasteiger partial charge >= 0.3 is 6.09 Å². The first-order valence-corrected chi connectivity index (χ1v) is 6.27. The Hall–Kier alpha value is -1.08. The van der Waals surface area contributed by atoms with Gasteiger partial charge in [0, 0.05) is 10.0 Å². The molecule has 0 saturated carbocycles. The molecule has 1 aromatic rings. The van der Waals surface area contributed by atoms with Gasteiger partial charge in [-0.3, -0.25) is 0 Å². The van der Waals surface area contributed by atoms with E-state index in [1.165, 1.54) is 12.3 Å². The minimum atomic E-state index is -0.624. The SMILES string of the molecule is CCOC(=O)NN=Cc1cc(O)c(Br)cc1Br. The molecule has 1 amide bonds. The van der Waals surface area contributed by atoms with Gasteiger partial charge in [0.05, 0.1) is 17.3 Å². The van der Waals surface area contributed by atoms with Gasteiger partial charge in [-0.25, -0.2) is 10.2 Å². The summed E-state index contributed by atoms with van der Waals surface area (Å²) < 4.78 is 5.92. The number of carbonyl (C=O) groups excluding carboxylic acids is 1. The van der Waals surface area contributed by atoms with Crippen molar-refractivity contribution in [3.8, 4) is 5.75 Å². The van der Waals surface area contributed by atoms with Crippen molar-refractivity contribution in [2.75, 3.05) is 6.61 Å².